The summed E-state index contributed by atoms with van der Waals surface area (Å²) >= 11 is 1.26. The zero-order valence-corrected chi connectivity index (χ0v) is 12.8. The Morgan fingerprint density at radius 1 is 1.36 bits per heavy atom. The van der Waals surface area contributed by atoms with E-state index in [1.54, 1.807) is 24.4 Å². The number of nitrogens with one attached hydrogen (secondary N) is 1. The van der Waals surface area contributed by atoms with E-state index in [4.69, 9.17) is 5.73 Å². The lowest BCUT2D eigenvalue weighted by atomic mass is 10.2. The van der Waals surface area contributed by atoms with Crippen LogP contribution < -0.4 is 11.1 Å². The summed E-state index contributed by atoms with van der Waals surface area (Å²) in [4.78, 5) is 50.1. The zero-order chi connectivity index (χ0) is 16.3. The zero-order valence-electron chi connectivity index (χ0n) is 11.9. The highest BCUT2D eigenvalue weighted by molar-refractivity contribution is 7.10. The Morgan fingerprint density at radius 2 is 2.09 bits per heavy atom. The molecule has 3 N–H and O–H groups in total. The van der Waals surface area contributed by atoms with Crippen LogP contribution in [0, 0.1) is 0 Å². The number of rotatable bonds is 4. The van der Waals surface area contributed by atoms with E-state index in [9.17, 15) is 19.2 Å². The molecule has 1 aliphatic heterocycles. The van der Waals surface area contributed by atoms with E-state index in [-0.39, 0.29) is 13.1 Å². The number of carbonyl (C=O) groups excluding carboxylic acids is 4. The van der Waals surface area contributed by atoms with Gasteiger partial charge in [0.1, 0.15) is 6.04 Å². The molecule has 0 bridgehead atoms. The van der Waals surface area contributed by atoms with E-state index >= 15 is 0 Å². The summed E-state index contributed by atoms with van der Waals surface area (Å²) in [6.07, 6.45) is 0. The molecule has 1 aliphatic rings. The maximum atomic E-state index is 12.2. The molecule has 0 aromatic carbocycles. The van der Waals surface area contributed by atoms with E-state index in [2.05, 4.69) is 5.32 Å². The second-order valence-electron chi connectivity index (χ2n) is 4.64. The SMILES string of the molecule is CCN1CCN(C(=O)NC(C(N)=O)c2cccs2)C(=O)C1=O. The average molecular weight is 324 g/mol. The molecular weight excluding hydrogens is 308 g/mol. The Morgan fingerprint density at radius 3 is 2.64 bits per heavy atom. The van der Waals surface area contributed by atoms with Gasteiger partial charge in [0.15, 0.2) is 0 Å². The van der Waals surface area contributed by atoms with Crippen LogP contribution in [0.5, 0.6) is 0 Å². The average Bonchev–Trinajstić information content (AvgIpc) is 3.00. The molecule has 118 valence electrons. The largest absolute Gasteiger partial charge is 0.368 e. The number of carbonyl (C=O) groups is 4. The van der Waals surface area contributed by atoms with Gasteiger partial charge in [-0.2, -0.15) is 0 Å². The van der Waals surface area contributed by atoms with E-state index in [1.165, 1.54) is 16.2 Å². The summed E-state index contributed by atoms with van der Waals surface area (Å²) in [5.41, 5.74) is 5.29. The molecule has 1 aromatic rings. The predicted octanol–water partition coefficient (Wildman–Crippen LogP) is -0.325. The van der Waals surface area contributed by atoms with Crippen molar-refractivity contribution in [2.45, 2.75) is 13.0 Å². The van der Waals surface area contributed by atoms with E-state index in [1.807, 2.05) is 0 Å². The van der Waals surface area contributed by atoms with Crippen molar-refractivity contribution in [2.24, 2.45) is 5.73 Å². The van der Waals surface area contributed by atoms with Crippen LogP contribution in [-0.4, -0.2) is 53.2 Å². The third kappa shape index (κ3) is 3.08. The smallest absolute Gasteiger partial charge is 0.325 e. The molecule has 0 radical (unpaired) electrons. The van der Waals surface area contributed by atoms with Gasteiger partial charge in [-0.1, -0.05) is 6.07 Å². The summed E-state index contributed by atoms with van der Waals surface area (Å²) in [6, 6.07) is 1.55. The molecular formula is C13H16N4O4S. The van der Waals surface area contributed by atoms with Crippen LogP contribution in [0.15, 0.2) is 17.5 Å². The van der Waals surface area contributed by atoms with Crippen LogP contribution in [-0.2, 0) is 14.4 Å². The number of likely N-dealkylation sites (N-methyl/N-ethyl adjacent to an activating group) is 1. The highest BCUT2D eigenvalue weighted by atomic mass is 32.1. The lowest BCUT2D eigenvalue weighted by molar-refractivity contribution is -0.153. The van der Waals surface area contributed by atoms with Crippen LogP contribution in [0.4, 0.5) is 4.79 Å². The first-order valence-electron chi connectivity index (χ1n) is 6.69. The fraction of sp³-hybridized carbons (Fsp3) is 0.385. The summed E-state index contributed by atoms with van der Waals surface area (Å²) in [5.74, 6) is -2.36. The normalized spacial score (nSPS) is 16.6. The Kier molecular flexibility index (Phi) is 4.76. The number of urea groups is 1. The van der Waals surface area contributed by atoms with Crippen LogP contribution in [0.1, 0.15) is 17.8 Å². The van der Waals surface area contributed by atoms with E-state index in [0.29, 0.717) is 11.4 Å². The first kappa shape index (κ1) is 16.0. The van der Waals surface area contributed by atoms with Gasteiger partial charge in [0.2, 0.25) is 5.91 Å². The molecule has 8 nitrogen and oxygen atoms in total. The van der Waals surface area contributed by atoms with Crippen molar-refractivity contribution >= 4 is 35.1 Å². The Balaban J connectivity index is 2.10. The molecule has 0 saturated carbocycles. The molecule has 1 fully saturated rings. The topological polar surface area (TPSA) is 113 Å². The molecule has 2 heterocycles. The van der Waals surface area contributed by atoms with Gasteiger partial charge in [0, 0.05) is 24.5 Å². The van der Waals surface area contributed by atoms with Crippen molar-refractivity contribution in [3.63, 3.8) is 0 Å². The number of primary amides is 1. The molecule has 1 atom stereocenters. The maximum Gasteiger partial charge on any atom is 0.325 e. The van der Waals surface area contributed by atoms with Crippen LogP contribution >= 0.6 is 11.3 Å². The van der Waals surface area contributed by atoms with Gasteiger partial charge in [0.05, 0.1) is 0 Å². The standard InChI is InChI=1S/C13H16N4O4S/c1-2-16-5-6-17(12(20)11(16)19)13(21)15-9(10(14)18)8-4-3-7-22-8/h3-4,7,9H,2,5-6H2,1H3,(H2,14,18)(H,15,21). The lowest BCUT2D eigenvalue weighted by Gasteiger charge is -2.32. The number of nitrogens with two attached hydrogens (primary N) is 1. The quantitative estimate of drug-likeness (QED) is 0.739. The van der Waals surface area contributed by atoms with Crippen LogP contribution in [0.25, 0.3) is 0 Å². The molecule has 0 aliphatic carbocycles. The van der Waals surface area contributed by atoms with Crippen molar-refractivity contribution in [3.05, 3.63) is 22.4 Å². The van der Waals surface area contributed by atoms with Crippen molar-refractivity contribution in [2.75, 3.05) is 19.6 Å². The molecule has 9 heteroatoms. The molecule has 1 unspecified atom stereocenters. The molecule has 22 heavy (non-hydrogen) atoms. The first-order chi connectivity index (χ1) is 10.5. The van der Waals surface area contributed by atoms with Gasteiger partial charge in [-0.05, 0) is 18.4 Å². The van der Waals surface area contributed by atoms with Gasteiger partial charge in [-0.15, -0.1) is 11.3 Å². The molecule has 0 spiro atoms. The minimum atomic E-state index is -1.03. The number of piperazine rings is 1. The van der Waals surface area contributed by atoms with Gasteiger partial charge < -0.3 is 16.0 Å². The van der Waals surface area contributed by atoms with Crippen LogP contribution in [0.2, 0.25) is 0 Å². The highest BCUT2D eigenvalue weighted by Crippen LogP contribution is 2.19. The van der Waals surface area contributed by atoms with Gasteiger partial charge in [-0.25, -0.2) is 4.79 Å². The number of nitrogens with zero attached hydrogens (tertiary/aromatic N) is 2. The summed E-state index contributed by atoms with van der Waals surface area (Å²) in [5, 5.41) is 4.15. The summed E-state index contributed by atoms with van der Waals surface area (Å²) in [7, 11) is 0. The van der Waals surface area contributed by atoms with Crippen LogP contribution in [0.3, 0.4) is 0 Å². The van der Waals surface area contributed by atoms with Crippen molar-refractivity contribution in [3.8, 4) is 0 Å². The maximum absolute atomic E-state index is 12.2. The lowest BCUT2D eigenvalue weighted by Crippen LogP contribution is -2.58. The van der Waals surface area contributed by atoms with E-state index in [0.717, 1.165) is 4.90 Å². The van der Waals surface area contributed by atoms with Gasteiger partial charge in [0.25, 0.3) is 0 Å². The van der Waals surface area contributed by atoms with Crippen molar-refractivity contribution < 1.29 is 19.2 Å². The molecule has 5 amide bonds. The Bertz CT molecular complexity index is 601. The minimum absolute atomic E-state index is 0.0835. The van der Waals surface area contributed by atoms with Gasteiger partial charge in [-0.3, -0.25) is 19.3 Å². The second kappa shape index (κ2) is 6.56. The highest BCUT2D eigenvalue weighted by Gasteiger charge is 2.36. The third-order valence-corrected chi connectivity index (χ3v) is 4.25. The van der Waals surface area contributed by atoms with E-state index < -0.39 is 29.8 Å². The second-order valence-corrected chi connectivity index (χ2v) is 5.62. The number of hydrogen-bond acceptors (Lipinski definition) is 5. The number of hydrogen-bond donors (Lipinski definition) is 2. The molecule has 1 aromatic heterocycles. The fourth-order valence-electron chi connectivity index (χ4n) is 2.11. The summed E-state index contributed by atoms with van der Waals surface area (Å²) < 4.78 is 0. The number of thiophene rings is 1. The number of amides is 5. The first-order valence-corrected chi connectivity index (χ1v) is 7.57. The summed E-state index contributed by atoms with van der Waals surface area (Å²) in [6.45, 7) is 2.51. The monoisotopic (exact) mass is 324 g/mol. The fourth-order valence-corrected chi connectivity index (χ4v) is 2.89. The third-order valence-electron chi connectivity index (χ3n) is 3.32. The van der Waals surface area contributed by atoms with Crippen molar-refractivity contribution in [1.82, 2.24) is 15.1 Å². The Hall–Kier alpha value is -2.42. The minimum Gasteiger partial charge on any atom is -0.368 e. The predicted molar refractivity (Wildman–Crippen MR) is 78.8 cm³/mol. The van der Waals surface area contributed by atoms with Gasteiger partial charge >= 0.3 is 17.8 Å². The number of imide groups is 1. The molecule has 1 saturated heterocycles. The van der Waals surface area contributed by atoms with Crippen molar-refractivity contribution in [1.29, 1.82) is 0 Å². The molecule has 2 rings (SSSR count). The Labute approximate surface area is 130 Å².